The van der Waals surface area contributed by atoms with Gasteiger partial charge in [-0.15, -0.1) is 0 Å². The van der Waals surface area contributed by atoms with E-state index >= 15 is 0 Å². The lowest BCUT2D eigenvalue weighted by Gasteiger charge is -2.32. The average Bonchev–Trinajstić information content (AvgIpc) is 2.60. The van der Waals surface area contributed by atoms with E-state index in [-0.39, 0.29) is 17.9 Å². The molecule has 2 rings (SSSR count). The van der Waals surface area contributed by atoms with Crippen molar-refractivity contribution in [3.8, 4) is 0 Å². The summed E-state index contributed by atoms with van der Waals surface area (Å²) in [6, 6.07) is 8.20. The van der Waals surface area contributed by atoms with Gasteiger partial charge in [0, 0.05) is 33.1 Å². The minimum atomic E-state index is -3.39. The van der Waals surface area contributed by atoms with Gasteiger partial charge in [0.15, 0.2) is 0 Å². The minimum absolute atomic E-state index is 0.00311. The van der Waals surface area contributed by atoms with Crippen LogP contribution in [0.2, 0.25) is 0 Å². The number of benzene rings is 1. The van der Waals surface area contributed by atoms with Crippen molar-refractivity contribution in [1.29, 1.82) is 0 Å². The Kier molecular flexibility index (Phi) is 6.59. The summed E-state index contributed by atoms with van der Waals surface area (Å²) in [4.78, 5) is 12.6. The second kappa shape index (κ2) is 8.29. The van der Waals surface area contributed by atoms with Gasteiger partial charge in [-0.05, 0) is 31.7 Å². The molecule has 1 aromatic rings. The number of rotatable bonds is 6. The number of carbonyl (C=O) groups excluding carboxylic acids is 1. The lowest BCUT2D eigenvalue weighted by Crippen LogP contribution is -2.47. The van der Waals surface area contributed by atoms with Crippen molar-refractivity contribution < 1.29 is 13.2 Å². The fourth-order valence-electron chi connectivity index (χ4n) is 3.09. The van der Waals surface area contributed by atoms with Crippen LogP contribution < -0.4 is 5.32 Å². The third-order valence-corrected chi connectivity index (χ3v) is 6.76. The van der Waals surface area contributed by atoms with Crippen LogP contribution in [0.1, 0.15) is 43.4 Å². The summed E-state index contributed by atoms with van der Waals surface area (Å²) in [6.07, 6.45) is 1.94. The van der Waals surface area contributed by atoms with Crippen molar-refractivity contribution in [1.82, 2.24) is 13.9 Å². The molecule has 1 fully saturated rings. The predicted molar refractivity (Wildman–Crippen MR) is 99.3 cm³/mol. The first kappa shape index (κ1) is 19.9. The molecular formula is C18H29N3O3S. The van der Waals surface area contributed by atoms with Gasteiger partial charge in [0.05, 0.1) is 6.04 Å². The summed E-state index contributed by atoms with van der Waals surface area (Å²) in [5.41, 5.74) is 2.30. The zero-order chi connectivity index (χ0) is 18.6. The first-order valence-electron chi connectivity index (χ1n) is 8.80. The van der Waals surface area contributed by atoms with E-state index in [1.165, 1.54) is 28.3 Å². The van der Waals surface area contributed by atoms with Crippen molar-refractivity contribution in [2.45, 2.75) is 39.2 Å². The topological polar surface area (TPSA) is 69.7 Å². The Morgan fingerprint density at radius 1 is 1.24 bits per heavy atom. The maximum atomic E-state index is 12.6. The molecule has 1 atom stereocenters. The Morgan fingerprint density at radius 3 is 2.28 bits per heavy atom. The maximum Gasteiger partial charge on any atom is 0.281 e. The number of carbonyl (C=O) groups is 1. The average molecular weight is 368 g/mol. The first-order valence-corrected chi connectivity index (χ1v) is 10.2. The largest absolute Gasteiger partial charge is 0.349 e. The lowest BCUT2D eigenvalue weighted by atomic mass is 9.95. The quantitative estimate of drug-likeness (QED) is 0.837. The molecule has 0 saturated carbocycles. The van der Waals surface area contributed by atoms with Crippen molar-refractivity contribution in [3.05, 3.63) is 35.4 Å². The van der Waals surface area contributed by atoms with Gasteiger partial charge in [-0.2, -0.15) is 17.0 Å². The van der Waals surface area contributed by atoms with E-state index in [9.17, 15) is 13.2 Å². The molecule has 1 aliphatic rings. The van der Waals surface area contributed by atoms with Crippen molar-refractivity contribution in [3.63, 3.8) is 0 Å². The fraction of sp³-hybridized carbons (Fsp3) is 0.611. The molecule has 0 spiro atoms. The van der Waals surface area contributed by atoms with E-state index in [1.54, 1.807) is 0 Å². The van der Waals surface area contributed by atoms with Gasteiger partial charge in [0.1, 0.15) is 0 Å². The summed E-state index contributed by atoms with van der Waals surface area (Å²) in [6.45, 7) is 4.87. The molecule has 1 saturated heterocycles. The Labute approximate surface area is 151 Å². The highest BCUT2D eigenvalue weighted by Gasteiger charge is 2.32. The molecule has 0 aromatic heterocycles. The number of nitrogens with zero attached hydrogens (tertiary/aromatic N) is 2. The van der Waals surface area contributed by atoms with Gasteiger partial charge in [0.2, 0.25) is 5.91 Å². The zero-order valence-electron chi connectivity index (χ0n) is 15.5. The van der Waals surface area contributed by atoms with Gasteiger partial charge in [-0.3, -0.25) is 4.79 Å². The van der Waals surface area contributed by atoms with Gasteiger partial charge < -0.3 is 5.32 Å². The van der Waals surface area contributed by atoms with E-state index < -0.39 is 10.2 Å². The monoisotopic (exact) mass is 367 g/mol. The third kappa shape index (κ3) is 4.80. The summed E-state index contributed by atoms with van der Waals surface area (Å²) in [5.74, 6) is -0.109. The van der Waals surface area contributed by atoms with Crippen LogP contribution >= 0.6 is 0 Å². The van der Waals surface area contributed by atoms with Gasteiger partial charge in [-0.25, -0.2) is 0 Å². The summed E-state index contributed by atoms with van der Waals surface area (Å²) >= 11 is 0. The molecule has 0 radical (unpaired) electrons. The molecule has 25 heavy (non-hydrogen) atoms. The minimum Gasteiger partial charge on any atom is -0.349 e. The molecule has 6 nitrogen and oxygen atoms in total. The molecule has 7 heteroatoms. The van der Waals surface area contributed by atoms with E-state index in [4.69, 9.17) is 0 Å². The summed E-state index contributed by atoms with van der Waals surface area (Å²) in [7, 11) is -0.330. The highest BCUT2D eigenvalue weighted by atomic mass is 32.2. The third-order valence-electron chi connectivity index (χ3n) is 4.82. The van der Waals surface area contributed by atoms with Crippen LogP contribution in [0, 0.1) is 12.8 Å². The van der Waals surface area contributed by atoms with Crippen LogP contribution in [0.3, 0.4) is 0 Å². The Balaban J connectivity index is 1.94. The van der Waals surface area contributed by atoms with Crippen LogP contribution in [0.15, 0.2) is 24.3 Å². The fourth-order valence-corrected chi connectivity index (χ4v) is 4.22. The van der Waals surface area contributed by atoms with Crippen molar-refractivity contribution in [2.24, 2.45) is 5.92 Å². The number of hydrogen-bond acceptors (Lipinski definition) is 3. The molecule has 1 N–H and O–H groups in total. The van der Waals surface area contributed by atoms with E-state index in [1.807, 2.05) is 6.92 Å². The molecule has 0 bridgehead atoms. The van der Waals surface area contributed by atoms with E-state index in [2.05, 4.69) is 36.5 Å². The first-order chi connectivity index (χ1) is 11.8. The number of nitrogens with one attached hydrogen (secondary N) is 1. The normalized spacial score (nSPS) is 18.3. The standard InChI is InChI=1S/C18H29N3O3S/c1-5-17(15-8-6-14(2)7-9-15)19-18(22)16-10-12-21(13-11-16)25(23,24)20(3)4/h6-9,16-17H,5,10-13H2,1-4H3,(H,19,22)/t17-/m0/s1. The molecule has 0 unspecified atom stereocenters. The van der Waals surface area contributed by atoms with Crippen LogP contribution in [-0.2, 0) is 15.0 Å². The van der Waals surface area contributed by atoms with Gasteiger partial charge >= 0.3 is 0 Å². The Hall–Kier alpha value is -1.44. The molecule has 140 valence electrons. The van der Waals surface area contributed by atoms with Crippen molar-refractivity contribution >= 4 is 16.1 Å². The SMILES string of the molecule is CC[C@H](NC(=O)C1CCN(S(=O)(=O)N(C)C)CC1)c1ccc(C)cc1. The lowest BCUT2D eigenvalue weighted by molar-refractivity contribution is -0.126. The van der Waals surface area contributed by atoms with E-state index in [0.717, 1.165) is 12.0 Å². The van der Waals surface area contributed by atoms with Crippen molar-refractivity contribution in [2.75, 3.05) is 27.2 Å². The number of amides is 1. The number of piperidine rings is 1. The molecule has 1 aromatic carbocycles. The number of hydrogen-bond donors (Lipinski definition) is 1. The highest BCUT2D eigenvalue weighted by molar-refractivity contribution is 7.86. The van der Waals surface area contributed by atoms with E-state index in [0.29, 0.717) is 25.9 Å². The molecule has 1 heterocycles. The second-order valence-electron chi connectivity index (χ2n) is 6.84. The van der Waals surface area contributed by atoms with Gasteiger partial charge in [0.25, 0.3) is 10.2 Å². The highest BCUT2D eigenvalue weighted by Crippen LogP contribution is 2.23. The van der Waals surface area contributed by atoms with Crippen LogP contribution in [-0.4, -0.2) is 50.1 Å². The predicted octanol–water partition coefficient (Wildman–Crippen LogP) is 2.08. The zero-order valence-corrected chi connectivity index (χ0v) is 16.3. The van der Waals surface area contributed by atoms with Crippen LogP contribution in [0.5, 0.6) is 0 Å². The van der Waals surface area contributed by atoms with Crippen LogP contribution in [0.25, 0.3) is 0 Å². The number of aryl methyl sites for hydroxylation is 1. The molecule has 1 aliphatic heterocycles. The molecule has 1 amide bonds. The summed E-state index contributed by atoms with van der Waals surface area (Å²) < 4.78 is 27.0. The maximum absolute atomic E-state index is 12.6. The Morgan fingerprint density at radius 2 is 1.80 bits per heavy atom. The molecular weight excluding hydrogens is 338 g/mol. The van der Waals surface area contributed by atoms with Crippen LogP contribution in [0.4, 0.5) is 0 Å². The Bertz CT molecular complexity index is 678. The van der Waals surface area contributed by atoms with Gasteiger partial charge in [-0.1, -0.05) is 36.8 Å². The summed E-state index contributed by atoms with van der Waals surface area (Å²) in [5, 5.41) is 3.13. The second-order valence-corrected chi connectivity index (χ2v) is 8.99. The smallest absolute Gasteiger partial charge is 0.281 e. The molecule has 0 aliphatic carbocycles.